The molecule has 158 valence electrons. The average Bonchev–Trinajstić information content (AvgIpc) is 2.80. The van der Waals surface area contributed by atoms with E-state index in [0.717, 1.165) is 28.1 Å². The van der Waals surface area contributed by atoms with E-state index in [4.69, 9.17) is 0 Å². The lowest BCUT2D eigenvalue weighted by molar-refractivity contribution is 0.0891. The standard InChI is InChI=1S/C27H23N3O2/c1-19-8-11-30-25(12-19)27(32)18-26(31)22-14-20(16-23-6-2-4-9-28-23)13-21(15-22)17-24-7-3-5-10-29-24/h2-15H,16-18H2,1H3. The zero-order valence-corrected chi connectivity index (χ0v) is 17.9. The van der Waals surface area contributed by atoms with Crippen molar-refractivity contribution in [1.29, 1.82) is 0 Å². The first-order valence-electron chi connectivity index (χ1n) is 10.5. The van der Waals surface area contributed by atoms with E-state index in [1.165, 1.54) is 0 Å². The molecule has 0 bridgehead atoms. The first-order valence-corrected chi connectivity index (χ1v) is 10.5. The van der Waals surface area contributed by atoms with Crippen molar-refractivity contribution >= 4 is 11.6 Å². The minimum atomic E-state index is -0.278. The van der Waals surface area contributed by atoms with Crippen LogP contribution in [0.15, 0.2) is 85.3 Å². The summed E-state index contributed by atoms with van der Waals surface area (Å²) >= 11 is 0. The van der Waals surface area contributed by atoms with Crippen LogP contribution in [-0.2, 0) is 12.8 Å². The van der Waals surface area contributed by atoms with Gasteiger partial charge in [0.05, 0.1) is 6.42 Å². The fraction of sp³-hybridized carbons (Fsp3) is 0.148. The second-order valence-electron chi connectivity index (χ2n) is 7.78. The van der Waals surface area contributed by atoms with Gasteiger partial charge in [-0.2, -0.15) is 0 Å². The Labute approximate surface area is 187 Å². The van der Waals surface area contributed by atoms with Crippen LogP contribution < -0.4 is 0 Å². The van der Waals surface area contributed by atoms with Crippen LogP contribution in [0.25, 0.3) is 0 Å². The van der Waals surface area contributed by atoms with Gasteiger partial charge in [-0.3, -0.25) is 24.5 Å². The number of carbonyl (C=O) groups excluding carboxylic acids is 2. The number of aryl methyl sites for hydroxylation is 1. The third kappa shape index (κ3) is 5.58. The zero-order valence-electron chi connectivity index (χ0n) is 17.9. The molecule has 5 nitrogen and oxygen atoms in total. The van der Waals surface area contributed by atoms with E-state index >= 15 is 0 Å². The quantitative estimate of drug-likeness (QED) is 0.301. The predicted molar refractivity (Wildman–Crippen MR) is 123 cm³/mol. The van der Waals surface area contributed by atoms with E-state index in [2.05, 4.69) is 21.0 Å². The number of carbonyl (C=O) groups is 2. The molecule has 1 aromatic carbocycles. The summed E-state index contributed by atoms with van der Waals surface area (Å²) in [5, 5.41) is 0. The zero-order chi connectivity index (χ0) is 22.3. The Hall–Kier alpha value is -3.99. The highest BCUT2D eigenvalue weighted by molar-refractivity contribution is 6.13. The van der Waals surface area contributed by atoms with Gasteiger partial charge in [0.2, 0.25) is 0 Å². The first kappa shape index (κ1) is 21.2. The molecular weight excluding hydrogens is 398 g/mol. The van der Waals surface area contributed by atoms with Gasteiger partial charge in [0, 0.05) is 48.4 Å². The summed E-state index contributed by atoms with van der Waals surface area (Å²) in [6.07, 6.45) is 6.09. The highest BCUT2D eigenvalue weighted by Gasteiger charge is 2.17. The Morgan fingerprint density at radius 3 is 1.84 bits per heavy atom. The van der Waals surface area contributed by atoms with Gasteiger partial charge >= 0.3 is 0 Å². The van der Waals surface area contributed by atoms with Crippen molar-refractivity contribution in [3.63, 3.8) is 0 Å². The summed E-state index contributed by atoms with van der Waals surface area (Å²) in [7, 11) is 0. The summed E-state index contributed by atoms with van der Waals surface area (Å²) in [5.41, 5.74) is 5.55. The Morgan fingerprint density at radius 2 is 1.31 bits per heavy atom. The maximum Gasteiger partial charge on any atom is 0.188 e. The minimum Gasteiger partial charge on any atom is -0.294 e. The molecule has 0 atom stereocenters. The maximum atomic E-state index is 13.0. The van der Waals surface area contributed by atoms with Crippen molar-refractivity contribution in [3.8, 4) is 0 Å². The van der Waals surface area contributed by atoms with Gasteiger partial charge in [0.1, 0.15) is 5.69 Å². The molecule has 4 rings (SSSR count). The number of benzene rings is 1. The van der Waals surface area contributed by atoms with Gasteiger partial charge in [-0.25, -0.2) is 0 Å². The molecule has 0 N–H and O–H groups in total. The molecule has 0 amide bonds. The summed E-state index contributed by atoms with van der Waals surface area (Å²) in [6, 6.07) is 20.9. The molecule has 5 heteroatoms. The van der Waals surface area contributed by atoms with E-state index in [1.54, 1.807) is 24.7 Å². The highest BCUT2D eigenvalue weighted by Crippen LogP contribution is 2.18. The lowest BCUT2D eigenvalue weighted by Gasteiger charge is -2.10. The lowest BCUT2D eigenvalue weighted by atomic mass is 9.95. The minimum absolute atomic E-state index is 0.216. The van der Waals surface area contributed by atoms with E-state index in [9.17, 15) is 9.59 Å². The molecule has 0 radical (unpaired) electrons. The monoisotopic (exact) mass is 421 g/mol. The number of hydrogen-bond donors (Lipinski definition) is 0. The highest BCUT2D eigenvalue weighted by atomic mass is 16.1. The molecule has 4 aromatic rings. The summed E-state index contributed by atoms with van der Waals surface area (Å²) in [5.74, 6) is -0.497. The molecular formula is C27H23N3O2. The van der Waals surface area contributed by atoms with Crippen molar-refractivity contribution in [2.45, 2.75) is 26.2 Å². The molecule has 0 saturated carbocycles. The number of nitrogens with zero attached hydrogens (tertiary/aromatic N) is 3. The van der Waals surface area contributed by atoms with Crippen molar-refractivity contribution < 1.29 is 9.59 Å². The van der Waals surface area contributed by atoms with Crippen LogP contribution in [0.1, 0.15) is 55.3 Å². The molecule has 0 aliphatic heterocycles. The van der Waals surface area contributed by atoms with Crippen molar-refractivity contribution in [1.82, 2.24) is 15.0 Å². The SMILES string of the molecule is Cc1ccnc(C(=O)CC(=O)c2cc(Cc3ccccn3)cc(Cc3ccccn3)c2)c1. The summed E-state index contributed by atoms with van der Waals surface area (Å²) in [4.78, 5) is 38.6. The average molecular weight is 422 g/mol. The molecule has 3 aromatic heterocycles. The van der Waals surface area contributed by atoms with Crippen LogP contribution >= 0.6 is 0 Å². The van der Waals surface area contributed by atoms with Gasteiger partial charge in [-0.15, -0.1) is 0 Å². The Morgan fingerprint density at radius 1 is 0.688 bits per heavy atom. The van der Waals surface area contributed by atoms with E-state index in [0.29, 0.717) is 24.1 Å². The molecule has 0 unspecified atom stereocenters. The van der Waals surface area contributed by atoms with E-state index in [1.807, 2.05) is 61.5 Å². The molecule has 0 aliphatic carbocycles. The summed E-state index contributed by atoms with van der Waals surface area (Å²) < 4.78 is 0. The molecule has 32 heavy (non-hydrogen) atoms. The van der Waals surface area contributed by atoms with Crippen molar-refractivity contribution in [2.24, 2.45) is 0 Å². The molecule has 0 fully saturated rings. The second-order valence-corrected chi connectivity index (χ2v) is 7.78. The lowest BCUT2D eigenvalue weighted by Crippen LogP contribution is -2.11. The first-order chi connectivity index (χ1) is 15.6. The van der Waals surface area contributed by atoms with Crippen LogP contribution in [0.2, 0.25) is 0 Å². The van der Waals surface area contributed by atoms with Crippen LogP contribution in [0.3, 0.4) is 0 Å². The fourth-order valence-electron chi connectivity index (χ4n) is 3.58. The topological polar surface area (TPSA) is 72.8 Å². The fourth-order valence-corrected chi connectivity index (χ4v) is 3.58. The largest absolute Gasteiger partial charge is 0.294 e. The Kier molecular flexibility index (Phi) is 6.56. The van der Waals surface area contributed by atoms with Gasteiger partial charge in [0.15, 0.2) is 11.6 Å². The number of pyridine rings is 3. The molecule has 0 aliphatic rings. The number of hydrogen-bond acceptors (Lipinski definition) is 5. The van der Waals surface area contributed by atoms with Crippen LogP contribution in [0.5, 0.6) is 0 Å². The number of aromatic nitrogens is 3. The summed E-state index contributed by atoms with van der Waals surface area (Å²) in [6.45, 7) is 1.89. The number of ketones is 2. The third-order valence-corrected chi connectivity index (χ3v) is 5.12. The Bertz CT molecular complexity index is 1180. The van der Waals surface area contributed by atoms with Crippen LogP contribution in [0, 0.1) is 6.92 Å². The number of rotatable bonds is 8. The van der Waals surface area contributed by atoms with Crippen molar-refractivity contribution in [3.05, 3.63) is 125 Å². The van der Waals surface area contributed by atoms with Crippen LogP contribution in [0.4, 0.5) is 0 Å². The van der Waals surface area contributed by atoms with Crippen molar-refractivity contribution in [2.75, 3.05) is 0 Å². The second kappa shape index (κ2) is 9.88. The smallest absolute Gasteiger partial charge is 0.188 e. The van der Waals surface area contributed by atoms with Crippen LogP contribution in [-0.4, -0.2) is 26.5 Å². The predicted octanol–water partition coefficient (Wildman–Crippen LogP) is 4.82. The molecule has 0 spiro atoms. The van der Waals surface area contributed by atoms with Gasteiger partial charge < -0.3 is 0 Å². The van der Waals surface area contributed by atoms with Gasteiger partial charge in [-0.05, 0) is 72.1 Å². The maximum absolute atomic E-state index is 13.0. The normalized spacial score (nSPS) is 10.7. The molecule has 3 heterocycles. The van der Waals surface area contributed by atoms with Gasteiger partial charge in [0.25, 0.3) is 0 Å². The number of Topliss-reactive ketones (excluding diaryl/α,β-unsaturated/α-hetero) is 2. The van der Waals surface area contributed by atoms with E-state index < -0.39 is 0 Å². The van der Waals surface area contributed by atoms with E-state index in [-0.39, 0.29) is 18.0 Å². The Balaban J connectivity index is 1.61. The van der Waals surface area contributed by atoms with Gasteiger partial charge in [-0.1, -0.05) is 18.2 Å². The molecule has 0 saturated heterocycles. The third-order valence-electron chi connectivity index (χ3n) is 5.12.